The second-order valence-corrected chi connectivity index (χ2v) is 6.15. The van der Waals surface area contributed by atoms with Crippen LogP contribution in [0.5, 0.6) is 5.88 Å². The molecular weight excluding hydrogens is 302 g/mol. The molecule has 0 saturated carbocycles. The molecule has 0 fully saturated rings. The highest BCUT2D eigenvalue weighted by atomic mass is 35.5. The van der Waals surface area contributed by atoms with E-state index in [1.165, 1.54) is 7.11 Å². The molecule has 0 aliphatic rings. The summed E-state index contributed by atoms with van der Waals surface area (Å²) >= 11 is 6.21. The largest absolute Gasteiger partial charge is 0.479 e. The molecule has 1 heterocycles. The molecule has 0 aliphatic heterocycles. The van der Waals surface area contributed by atoms with Gasteiger partial charge in [0.2, 0.25) is 11.8 Å². The van der Waals surface area contributed by atoms with E-state index in [-0.39, 0.29) is 22.6 Å². The first-order valence-corrected chi connectivity index (χ1v) is 7.19. The SMILES string of the molecule is COc1nc(-c2ccccc2)nc(Cl)c1NC(=O)C(C)(C)C. The Morgan fingerprint density at radius 1 is 1.18 bits per heavy atom. The minimum absolute atomic E-state index is 0.142. The van der Waals surface area contributed by atoms with Gasteiger partial charge in [-0.25, -0.2) is 4.98 Å². The average molecular weight is 320 g/mol. The van der Waals surface area contributed by atoms with Crippen molar-refractivity contribution < 1.29 is 9.53 Å². The van der Waals surface area contributed by atoms with Gasteiger partial charge in [-0.2, -0.15) is 4.98 Å². The van der Waals surface area contributed by atoms with E-state index in [0.29, 0.717) is 5.82 Å². The summed E-state index contributed by atoms with van der Waals surface area (Å²) < 4.78 is 5.25. The Morgan fingerprint density at radius 2 is 1.82 bits per heavy atom. The molecule has 0 radical (unpaired) electrons. The maximum atomic E-state index is 12.1. The van der Waals surface area contributed by atoms with Crippen molar-refractivity contribution in [3.05, 3.63) is 35.5 Å². The molecule has 6 heteroatoms. The molecule has 22 heavy (non-hydrogen) atoms. The predicted octanol–water partition coefficient (Wildman–Crippen LogP) is 3.79. The molecule has 0 aliphatic carbocycles. The van der Waals surface area contributed by atoms with Crippen LogP contribution in [0.3, 0.4) is 0 Å². The molecule has 0 saturated heterocycles. The molecule has 0 unspecified atom stereocenters. The molecule has 1 amide bonds. The summed E-state index contributed by atoms with van der Waals surface area (Å²) in [5, 5.41) is 2.87. The van der Waals surface area contributed by atoms with E-state index < -0.39 is 5.41 Å². The molecule has 5 nitrogen and oxygen atoms in total. The normalized spacial score (nSPS) is 11.1. The lowest BCUT2D eigenvalue weighted by Gasteiger charge is -2.19. The van der Waals surface area contributed by atoms with Crippen LogP contribution < -0.4 is 10.1 Å². The minimum atomic E-state index is -0.563. The van der Waals surface area contributed by atoms with Crippen molar-refractivity contribution in [3.8, 4) is 17.3 Å². The summed E-state index contributed by atoms with van der Waals surface area (Å²) in [5.74, 6) is 0.483. The summed E-state index contributed by atoms with van der Waals surface area (Å²) in [6, 6.07) is 9.42. The maximum absolute atomic E-state index is 12.1. The Labute approximate surface area is 134 Å². The highest BCUT2D eigenvalue weighted by Crippen LogP contribution is 2.33. The fraction of sp³-hybridized carbons (Fsp3) is 0.312. The number of rotatable bonds is 3. The highest BCUT2D eigenvalue weighted by Gasteiger charge is 2.25. The Morgan fingerprint density at radius 3 is 2.36 bits per heavy atom. The van der Waals surface area contributed by atoms with E-state index in [1.807, 2.05) is 51.1 Å². The van der Waals surface area contributed by atoms with E-state index in [2.05, 4.69) is 15.3 Å². The van der Waals surface area contributed by atoms with Gasteiger partial charge in [-0.1, -0.05) is 62.7 Å². The molecule has 0 spiro atoms. The van der Waals surface area contributed by atoms with Crippen molar-refractivity contribution in [1.82, 2.24) is 9.97 Å². The average Bonchev–Trinajstić information content (AvgIpc) is 2.48. The van der Waals surface area contributed by atoms with Gasteiger partial charge in [-0.3, -0.25) is 4.79 Å². The smallest absolute Gasteiger partial charge is 0.242 e. The van der Waals surface area contributed by atoms with Crippen LogP contribution in [0.25, 0.3) is 11.4 Å². The number of halogens is 1. The van der Waals surface area contributed by atoms with E-state index >= 15 is 0 Å². The van der Waals surface area contributed by atoms with Crippen LogP contribution in [0, 0.1) is 5.41 Å². The Hall–Kier alpha value is -2.14. The summed E-state index contributed by atoms with van der Waals surface area (Å²) in [6.45, 7) is 5.42. The third-order valence-corrected chi connectivity index (χ3v) is 3.25. The lowest BCUT2D eigenvalue weighted by Crippen LogP contribution is -2.28. The van der Waals surface area contributed by atoms with Gasteiger partial charge < -0.3 is 10.1 Å². The molecule has 1 N–H and O–H groups in total. The van der Waals surface area contributed by atoms with Crippen LogP contribution in [0.15, 0.2) is 30.3 Å². The number of methoxy groups -OCH3 is 1. The number of benzene rings is 1. The first-order valence-electron chi connectivity index (χ1n) is 6.81. The summed E-state index contributed by atoms with van der Waals surface area (Å²) in [5.41, 5.74) is 0.534. The first kappa shape index (κ1) is 16.2. The molecular formula is C16H18ClN3O2. The summed E-state index contributed by atoms with van der Waals surface area (Å²) in [4.78, 5) is 20.7. The number of hydrogen-bond donors (Lipinski definition) is 1. The zero-order valence-electron chi connectivity index (χ0n) is 13.0. The lowest BCUT2D eigenvalue weighted by molar-refractivity contribution is -0.123. The molecule has 116 valence electrons. The fourth-order valence-electron chi connectivity index (χ4n) is 1.68. The number of aromatic nitrogens is 2. The van der Waals surface area contributed by atoms with Gasteiger partial charge in [0.05, 0.1) is 7.11 Å². The van der Waals surface area contributed by atoms with Crippen molar-refractivity contribution in [2.24, 2.45) is 5.41 Å². The molecule has 0 atom stereocenters. The van der Waals surface area contributed by atoms with Gasteiger partial charge in [0.1, 0.15) is 5.69 Å². The Balaban J connectivity index is 2.43. The number of carbonyl (C=O) groups is 1. The summed E-state index contributed by atoms with van der Waals surface area (Å²) in [7, 11) is 1.47. The van der Waals surface area contributed by atoms with Crippen molar-refractivity contribution >= 4 is 23.2 Å². The van der Waals surface area contributed by atoms with Crippen molar-refractivity contribution in [1.29, 1.82) is 0 Å². The van der Waals surface area contributed by atoms with Crippen molar-refractivity contribution in [2.75, 3.05) is 12.4 Å². The van der Waals surface area contributed by atoms with E-state index in [4.69, 9.17) is 16.3 Å². The van der Waals surface area contributed by atoms with Crippen LogP contribution in [0.1, 0.15) is 20.8 Å². The first-order chi connectivity index (χ1) is 10.3. The highest BCUT2D eigenvalue weighted by molar-refractivity contribution is 6.33. The van der Waals surface area contributed by atoms with Crippen LogP contribution in [0.4, 0.5) is 5.69 Å². The number of carbonyl (C=O) groups excluding carboxylic acids is 1. The van der Waals surface area contributed by atoms with Gasteiger partial charge in [-0.15, -0.1) is 0 Å². The van der Waals surface area contributed by atoms with Gasteiger partial charge in [-0.05, 0) is 0 Å². The van der Waals surface area contributed by atoms with Gasteiger partial charge in [0, 0.05) is 11.0 Å². The van der Waals surface area contributed by atoms with Crippen LogP contribution >= 0.6 is 11.6 Å². The molecule has 0 bridgehead atoms. The number of nitrogens with zero attached hydrogens (tertiary/aromatic N) is 2. The van der Waals surface area contributed by atoms with E-state index in [9.17, 15) is 4.79 Å². The second-order valence-electron chi connectivity index (χ2n) is 5.79. The molecule has 1 aromatic carbocycles. The monoisotopic (exact) mass is 319 g/mol. The van der Waals surface area contributed by atoms with Gasteiger partial charge >= 0.3 is 0 Å². The molecule has 1 aromatic heterocycles. The Kier molecular flexibility index (Phi) is 4.66. The van der Waals surface area contributed by atoms with Crippen molar-refractivity contribution in [2.45, 2.75) is 20.8 Å². The lowest BCUT2D eigenvalue weighted by atomic mass is 9.96. The number of anilines is 1. The maximum Gasteiger partial charge on any atom is 0.242 e. The number of ether oxygens (including phenoxy) is 1. The predicted molar refractivity (Wildman–Crippen MR) is 87.1 cm³/mol. The third-order valence-electron chi connectivity index (χ3n) is 2.98. The fourth-order valence-corrected chi connectivity index (χ4v) is 1.89. The number of hydrogen-bond acceptors (Lipinski definition) is 4. The summed E-state index contributed by atoms with van der Waals surface area (Å²) in [6.07, 6.45) is 0. The van der Waals surface area contributed by atoms with Gasteiger partial charge in [0.25, 0.3) is 0 Å². The van der Waals surface area contributed by atoms with E-state index in [0.717, 1.165) is 5.56 Å². The topological polar surface area (TPSA) is 64.1 Å². The second kappa shape index (κ2) is 6.32. The Bertz CT molecular complexity index is 682. The minimum Gasteiger partial charge on any atom is -0.479 e. The quantitative estimate of drug-likeness (QED) is 0.874. The van der Waals surface area contributed by atoms with Crippen LogP contribution in [0.2, 0.25) is 5.15 Å². The molecule has 2 aromatic rings. The zero-order chi connectivity index (χ0) is 16.3. The van der Waals surface area contributed by atoms with Crippen LogP contribution in [-0.4, -0.2) is 23.0 Å². The van der Waals surface area contributed by atoms with Gasteiger partial charge in [0.15, 0.2) is 11.0 Å². The third kappa shape index (κ3) is 3.54. The van der Waals surface area contributed by atoms with Crippen LogP contribution in [-0.2, 0) is 4.79 Å². The number of amides is 1. The standard InChI is InChI=1S/C16H18ClN3O2/c1-16(2,3)15(21)18-11-12(17)19-13(20-14(11)22-4)10-8-6-5-7-9-10/h5-9H,1-4H3,(H,18,21). The van der Waals surface area contributed by atoms with E-state index in [1.54, 1.807) is 0 Å². The number of nitrogens with one attached hydrogen (secondary N) is 1. The van der Waals surface area contributed by atoms with Crippen molar-refractivity contribution in [3.63, 3.8) is 0 Å². The molecule has 2 rings (SSSR count). The zero-order valence-corrected chi connectivity index (χ0v) is 13.7.